The first-order valence-electron chi connectivity index (χ1n) is 8.18. The SMILES string of the molecule is O=C(CCc1nnc(C(=O)Nc2ccccc2)s1)NCCc1cccs1. The monoisotopic (exact) mass is 386 g/mol. The fourth-order valence-corrected chi connectivity index (χ4v) is 3.68. The number of aromatic nitrogens is 2. The average Bonchev–Trinajstić information content (AvgIpc) is 3.33. The first kappa shape index (κ1) is 18.2. The minimum absolute atomic E-state index is 0.0213. The number of anilines is 1. The lowest BCUT2D eigenvalue weighted by molar-refractivity contribution is -0.121. The van der Waals surface area contributed by atoms with Gasteiger partial charge in [-0.1, -0.05) is 35.6 Å². The molecule has 0 aliphatic heterocycles. The van der Waals surface area contributed by atoms with Crippen LogP contribution in [0.15, 0.2) is 47.8 Å². The Bertz CT molecular complexity index is 847. The van der Waals surface area contributed by atoms with Crippen molar-refractivity contribution in [3.63, 3.8) is 0 Å². The maximum atomic E-state index is 12.1. The summed E-state index contributed by atoms with van der Waals surface area (Å²) < 4.78 is 0. The highest BCUT2D eigenvalue weighted by molar-refractivity contribution is 7.13. The Morgan fingerprint density at radius 1 is 1.00 bits per heavy atom. The summed E-state index contributed by atoms with van der Waals surface area (Å²) in [5.41, 5.74) is 0.708. The van der Waals surface area contributed by atoms with E-state index < -0.39 is 0 Å². The number of rotatable bonds is 8. The average molecular weight is 387 g/mol. The van der Waals surface area contributed by atoms with E-state index in [1.165, 1.54) is 16.2 Å². The third-order valence-corrected chi connectivity index (χ3v) is 5.45. The van der Waals surface area contributed by atoms with Crippen LogP contribution < -0.4 is 10.6 Å². The highest BCUT2D eigenvalue weighted by atomic mass is 32.1. The van der Waals surface area contributed by atoms with Gasteiger partial charge in [-0.15, -0.1) is 21.5 Å². The van der Waals surface area contributed by atoms with Gasteiger partial charge in [-0.2, -0.15) is 0 Å². The summed E-state index contributed by atoms with van der Waals surface area (Å²) >= 11 is 2.90. The summed E-state index contributed by atoms with van der Waals surface area (Å²) in [6, 6.07) is 13.2. The van der Waals surface area contributed by atoms with E-state index in [2.05, 4.69) is 26.9 Å². The molecule has 0 bridgehead atoms. The molecular weight excluding hydrogens is 368 g/mol. The smallest absolute Gasteiger partial charge is 0.286 e. The van der Waals surface area contributed by atoms with E-state index in [-0.39, 0.29) is 11.8 Å². The molecule has 0 aliphatic rings. The number of hydrogen-bond acceptors (Lipinski definition) is 6. The Morgan fingerprint density at radius 3 is 2.62 bits per heavy atom. The van der Waals surface area contributed by atoms with Gasteiger partial charge >= 0.3 is 0 Å². The summed E-state index contributed by atoms with van der Waals surface area (Å²) in [5.74, 6) is -0.313. The summed E-state index contributed by atoms with van der Waals surface area (Å²) in [7, 11) is 0. The van der Waals surface area contributed by atoms with Crippen LogP contribution in [0, 0.1) is 0 Å². The number of aryl methyl sites for hydroxylation is 1. The van der Waals surface area contributed by atoms with E-state index >= 15 is 0 Å². The molecule has 0 fully saturated rings. The fourth-order valence-electron chi connectivity index (χ4n) is 2.24. The zero-order valence-electron chi connectivity index (χ0n) is 14.0. The van der Waals surface area contributed by atoms with Crippen LogP contribution in [0.5, 0.6) is 0 Å². The molecular formula is C18H18N4O2S2. The van der Waals surface area contributed by atoms with E-state index in [0.717, 1.165) is 6.42 Å². The molecule has 0 saturated heterocycles. The zero-order chi connectivity index (χ0) is 18.2. The molecule has 26 heavy (non-hydrogen) atoms. The molecule has 0 atom stereocenters. The van der Waals surface area contributed by atoms with Crippen molar-refractivity contribution >= 4 is 40.2 Å². The number of carbonyl (C=O) groups excluding carboxylic acids is 2. The van der Waals surface area contributed by atoms with Crippen molar-refractivity contribution in [1.82, 2.24) is 15.5 Å². The van der Waals surface area contributed by atoms with E-state index in [0.29, 0.717) is 35.1 Å². The third-order valence-electron chi connectivity index (χ3n) is 3.53. The Kier molecular flexibility index (Phi) is 6.45. The van der Waals surface area contributed by atoms with Crippen molar-refractivity contribution in [1.29, 1.82) is 0 Å². The van der Waals surface area contributed by atoms with Crippen LogP contribution >= 0.6 is 22.7 Å². The summed E-state index contributed by atoms with van der Waals surface area (Å²) in [6.07, 6.45) is 1.65. The minimum atomic E-state index is -0.291. The van der Waals surface area contributed by atoms with Crippen molar-refractivity contribution in [2.45, 2.75) is 19.3 Å². The van der Waals surface area contributed by atoms with Crippen LogP contribution in [0.25, 0.3) is 0 Å². The lowest BCUT2D eigenvalue weighted by Crippen LogP contribution is -2.25. The van der Waals surface area contributed by atoms with Crippen molar-refractivity contribution in [2.24, 2.45) is 0 Å². The highest BCUT2D eigenvalue weighted by Crippen LogP contribution is 2.14. The Hall–Kier alpha value is -2.58. The van der Waals surface area contributed by atoms with Gasteiger partial charge in [0, 0.05) is 30.0 Å². The number of para-hydroxylation sites is 1. The quantitative estimate of drug-likeness (QED) is 0.623. The molecule has 0 spiro atoms. The molecule has 0 unspecified atom stereocenters. The van der Waals surface area contributed by atoms with Crippen LogP contribution in [0.3, 0.4) is 0 Å². The first-order valence-corrected chi connectivity index (χ1v) is 9.88. The second-order valence-electron chi connectivity index (χ2n) is 5.50. The van der Waals surface area contributed by atoms with Gasteiger partial charge in [-0.05, 0) is 30.0 Å². The second-order valence-corrected chi connectivity index (χ2v) is 7.59. The summed E-state index contributed by atoms with van der Waals surface area (Å²) in [6.45, 7) is 0.625. The number of hydrogen-bond donors (Lipinski definition) is 2. The van der Waals surface area contributed by atoms with Gasteiger partial charge in [0.25, 0.3) is 5.91 Å². The van der Waals surface area contributed by atoms with Gasteiger partial charge in [0.1, 0.15) is 5.01 Å². The molecule has 2 aromatic heterocycles. The van der Waals surface area contributed by atoms with E-state index in [1.807, 2.05) is 29.6 Å². The maximum Gasteiger partial charge on any atom is 0.286 e. The first-order chi connectivity index (χ1) is 12.7. The number of nitrogens with zero attached hydrogens (tertiary/aromatic N) is 2. The Balaban J connectivity index is 1.41. The van der Waals surface area contributed by atoms with Crippen molar-refractivity contribution in [2.75, 3.05) is 11.9 Å². The third kappa shape index (κ3) is 5.47. The van der Waals surface area contributed by atoms with E-state index in [9.17, 15) is 9.59 Å². The zero-order valence-corrected chi connectivity index (χ0v) is 15.6. The summed E-state index contributed by atoms with van der Waals surface area (Å²) in [5, 5.41) is 16.6. The van der Waals surface area contributed by atoms with Crippen molar-refractivity contribution in [3.8, 4) is 0 Å². The highest BCUT2D eigenvalue weighted by Gasteiger charge is 2.14. The van der Waals surface area contributed by atoms with Gasteiger partial charge in [0.15, 0.2) is 0 Å². The van der Waals surface area contributed by atoms with Gasteiger partial charge in [-0.3, -0.25) is 9.59 Å². The molecule has 6 nitrogen and oxygen atoms in total. The van der Waals surface area contributed by atoms with E-state index in [1.54, 1.807) is 23.5 Å². The fraction of sp³-hybridized carbons (Fsp3) is 0.222. The van der Waals surface area contributed by atoms with Gasteiger partial charge in [0.05, 0.1) is 0 Å². The van der Waals surface area contributed by atoms with Crippen LogP contribution in [0.2, 0.25) is 0 Å². The van der Waals surface area contributed by atoms with Crippen LogP contribution in [0.4, 0.5) is 5.69 Å². The molecule has 3 rings (SSSR count). The molecule has 3 aromatic rings. The standard InChI is InChI=1S/C18H18N4O2S2/c23-15(19-11-10-14-7-4-12-25-14)8-9-16-21-22-18(26-16)17(24)20-13-5-2-1-3-6-13/h1-7,12H,8-11H2,(H,19,23)(H,20,24). The number of amides is 2. The lowest BCUT2D eigenvalue weighted by atomic mass is 10.3. The molecule has 0 saturated carbocycles. The predicted molar refractivity (Wildman–Crippen MR) is 104 cm³/mol. The van der Waals surface area contributed by atoms with Crippen LogP contribution in [-0.4, -0.2) is 28.6 Å². The molecule has 134 valence electrons. The Morgan fingerprint density at radius 2 is 1.85 bits per heavy atom. The molecule has 2 amide bonds. The molecule has 2 heterocycles. The normalized spacial score (nSPS) is 10.5. The van der Waals surface area contributed by atoms with E-state index in [4.69, 9.17) is 0 Å². The van der Waals surface area contributed by atoms with Crippen molar-refractivity contribution in [3.05, 3.63) is 62.7 Å². The largest absolute Gasteiger partial charge is 0.356 e. The predicted octanol–water partition coefficient (Wildman–Crippen LogP) is 3.14. The molecule has 8 heteroatoms. The molecule has 0 aliphatic carbocycles. The molecule has 1 aromatic carbocycles. The van der Waals surface area contributed by atoms with Gasteiger partial charge < -0.3 is 10.6 Å². The number of benzene rings is 1. The number of carbonyl (C=O) groups is 2. The topological polar surface area (TPSA) is 84.0 Å². The van der Waals surface area contributed by atoms with Gasteiger partial charge in [-0.25, -0.2) is 0 Å². The van der Waals surface area contributed by atoms with Gasteiger partial charge in [0.2, 0.25) is 10.9 Å². The molecule has 2 N–H and O–H groups in total. The summed E-state index contributed by atoms with van der Waals surface area (Å²) in [4.78, 5) is 25.3. The molecule has 0 radical (unpaired) electrons. The lowest BCUT2D eigenvalue weighted by Gasteiger charge is -2.03. The second kappa shape index (κ2) is 9.21. The number of nitrogens with one attached hydrogen (secondary N) is 2. The Labute approximate surface area is 159 Å². The minimum Gasteiger partial charge on any atom is -0.356 e. The van der Waals surface area contributed by atoms with Crippen LogP contribution in [-0.2, 0) is 17.6 Å². The van der Waals surface area contributed by atoms with Crippen molar-refractivity contribution < 1.29 is 9.59 Å². The maximum absolute atomic E-state index is 12.1. The number of thiophene rings is 1. The van der Waals surface area contributed by atoms with Crippen LogP contribution in [0.1, 0.15) is 26.1 Å².